The van der Waals surface area contributed by atoms with Gasteiger partial charge in [-0.2, -0.15) is 0 Å². The first kappa shape index (κ1) is 12.8. The highest BCUT2D eigenvalue weighted by Gasteiger charge is 2.05. The van der Waals surface area contributed by atoms with Gasteiger partial charge < -0.3 is 15.1 Å². The first-order chi connectivity index (χ1) is 7.72. The maximum absolute atomic E-state index is 11.2. The van der Waals surface area contributed by atoms with Crippen molar-refractivity contribution in [2.45, 2.75) is 32.7 Å². The average molecular weight is 224 g/mol. The Balaban J connectivity index is 2.11. The number of nitrogens with one attached hydrogen (secondary N) is 2. The van der Waals surface area contributed by atoms with Crippen LogP contribution in [0.25, 0.3) is 0 Å². The van der Waals surface area contributed by atoms with Gasteiger partial charge in [-0.1, -0.05) is 0 Å². The molecule has 0 aromatic carbocycles. The van der Waals surface area contributed by atoms with Crippen LogP contribution in [0.5, 0.6) is 0 Å². The van der Waals surface area contributed by atoms with E-state index in [-0.39, 0.29) is 5.91 Å². The molecule has 0 fully saturated rings. The summed E-state index contributed by atoms with van der Waals surface area (Å²) in [5, 5.41) is 5.93. The van der Waals surface area contributed by atoms with Gasteiger partial charge in [0, 0.05) is 19.0 Å². The zero-order valence-electron chi connectivity index (χ0n) is 9.95. The predicted molar refractivity (Wildman–Crippen MR) is 63.2 cm³/mol. The van der Waals surface area contributed by atoms with E-state index in [9.17, 15) is 4.79 Å². The van der Waals surface area contributed by atoms with Crippen molar-refractivity contribution in [3.8, 4) is 0 Å². The highest BCUT2D eigenvalue weighted by molar-refractivity contribution is 5.77. The Morgan fingerprint density at radius 3 is 3.00 bits per heavy atom. The van der Waals surface area contributed by atoms with Crippen molar-refractivity contribution in [1.29, 1.82) is 0 Å². The molecule has 2 N–H and O–H groups in total. The summed E-state index contributed by atoms with van der Waals surface area (Å²) in [7, 11) is 0. The summed E-state index contributed by atoms with van der Waals surface area (Å²) in [5.74, 6) is 1.04. The molecule has 16 heavy (non-hydrogen) atoms. The molecular weight excluding hydrogens is 204 g/mol. The Morgan fingerprint density at radius 2 is 2.38 bits per heavy atom. The molecule has 0 spiro atoms. The van der Waals surface area contributed by atoms with Crippen molar-refractivity contribution in [1.82, 2.24) is 10.6 Å². The van der Waals surface area contributed by atoms with Gasteiger partial charge in [0.25, 0.3) is 0 Å². The monoisotopic (exact) mass is 224 g/mol. The number of rotatable bonds is 7. The van der Waals surface area contributed by atoms with Crippen molar-refractivity contribution < 1.29 is 9.21 Å². The minimum absolute atomic E-state index is 0.0485. The van der Waals surface area contributed by atoms with Crippen LogP contribution >= 0.6 is 0 Å². The molecule has 1 unspecified atom stereocenters. The van der Waals surface area contributed by atoms with E-state index < -0.39 is 0 Å². The standard InChI is InChI=1S/C12H20N2O2/c1-3-13-12(15)9-14-10(2)6-7-11-5-4-8-16-11/h4-5,8,10,14H,3,6-7,9H2,1-2H3,(H,13,15). The molecule has 90 valence electrons. The van der Waals surface area contributed by atoms with Gasteiger partial charge >= 0.3 is 0 Å². The van der Waals surface area contributed by atoms with Gasteiger partial charge in [0.05, 0.1) is 12.8 Å². The molecule has 0 aliphatic carbocycles. The van der Waals surface area contributed by atoms with Gasteiger partial charge in [-0.3, -0.25) is 4.79 Å². The molecule has 1 aromatic heterocycles. The summed E-state index contributed by atoms with van der Waals surface area (Å²) in [5.41, 5.74) is 0. The maximum Gasteiger partial charge on any atom is 0.233 e. The minimum Gasteiger partial charge on any atom is -0.469 e. The summed E-state index contributed by atoms with van der Waals surface area (Å²) in [6.07, 6.45) is 3.55. The Morgan fingerprint density at radius 1 is 1.56 bits per heavy atom. The lowest BCUT2D eigenvalue weighted by Gasteiger charge is -2.12. The van der Waals surface area contributed by atoms with Crippen molar-refractivity contribution in [3.63, 3.8) is 0 Å². The van der Waals surface area contributed by atoms with Gasteiger partial charge in [0.1, 0.15) is 5.76 Å². The minimum atomic E-state index is 0.0485. The molecule has 0 bridgehead atoms. The zero-order chi connectivity index (χ0) is 11.8. The van der Waals surface area contributed by atoms with Gasteiger partial charge in [-0.05, 0) is 32.4 Å². The Labute approximate surface area is 96.4 Å². The predicted octanol–water partition coefficient (Wildman–Crippen LogP) is 1.33. The van der Waals surface area contributed by atoms with Crippen LogP contribution < -0.4 is 10.6 Å². The number of aryl methyl sites for hydroxylation is 1. The van der Waals surface area contributed by atoms with E-state index in [2.05, 4.69) is 17.6 Å². The number of amides is 1. The van der Waals surface area contributed by atoms with Gasteiger partial charge in [-0.15, -0.1) is 0 Å². The number of carbonyl (C=O) groups excluding carboxylic acids is 1. The van der Waals surface area contributed by atoms with Crippen LogP contribution in [-0.4, -0.2) is 25.0 Å². The highest BCUT2D eigenvalue weighted by atomic mass is 16.3. The molecule has 0 radical (unpaired) electrons. The third-order valence-electron chi connectivity index (χ3n) is 2.39. The molecule has 1 rings (SSSR count). The van der Waals surface area contributed by atoms with E-state index >= 15 is 0 Å². The lowest BCUT2D eigenvalue weighted by molar-refractivity contribution is -0.120. The Hall–Kier alpha value is -1.29. The fourth-order valence-electron chi connectivity index (χ4n) is 1.44. The molecule has 4 heteroatoms. The third-order valence-corrected chi connectivity index (χ3v) is 2.39. The summed E-state index contributed by atoms with van der Waals surface area (Å²) in [6.45, 7) is 5.05. The maximum atomic E-state index is 11.2. The van der Waals surface area contributed by atoms with Gasteiger partial charge in [0.2, 0.25) is 5.91 Å². The Bertz CT molecular complexity index is 296. The van der Waals surface area contributed by atoms with Crippen LogP contribution in [0.3, 0.4) is 0 Å². The van der Waals surface area contributed by atoms with E-state index in [0.29, 0.717) is 19.1 Å². The van der Waals surface area contributed by atoms with Crippen LogP contribution in [0.2, 0.25) is 0 Å². The summed E-state index contributed by atoms with van der Waals surface area (Å²) in [6, 6.07) is 4.17. The third kappa shape index (κ3) is 4.98. The molecule has 4 nitrogen and oxygen atoms in total. The van der Waals surface area contributed by atoms with Crippen LogP contribution in [0, 0.1) is 0 Å². The SMILES string of the molecule is CCNC(=O)CNC(C)CCc1ccco1. The molecule has 0 saturated carbocycles. The Kier molecular flexibility index (Phi) is 5.64. The lowest BCUT2D eigenvalue weighted by Crippen LogP contribution is -2.38. The first-order valence-corrected chi connectivity index (χ1v) is 5.74. The van der Waals surface area contributed by atoms with Gasteiger partial charge in [-0.25, -0.2) is 0 Å². The summed E-state index contributed by atoms with van der Waals surface area (Å²) in [4.78, 5) is 11.2. The van der Waals surface area contributed by atoms with E-state index in [4.69, 9.17) is 4.42 Å². The smallest absolute Gasteiger partial charge is 0.233 e. The molecule has 1 heterocycles. The average Bonchev–Trinajstić information content (AvgIpc) is 2.77. The normalized spacial score (nSPS) is 12.4. The van der Waals surface area contributed by atoms with Crippen LogP contribution in [0.1, 0.15) is 26.0 Å². The number of likely N-dealkylation sites (N-methyl/N-ethyl adjacent to an activating group) is 1. The summed E-state index contributed by atoms with van der Waals surface area (Å²) < 4.78 is 5.24. The molecule has 1 amide bonds. The van der Waals surface area contributed by atoms with Crippen LogP contribution in [0.15, 0.2) is 22.8 Å². The first-order valence-electron chi connectivity index (χ1n) is 5.74. The quantitative estimate of drug-likeness (QED) is 0.734. The largest absolute Gasteiger partial charge is 0.469 e. The number of carbonyl (C=O) groups is 1. The highest BCUT2D eigenvalue weighted by Crippen LogP contribution is 2.05. The second-order valence-corrected chi connectivity index (χ2v) is 3.85. The molecular formula is C12H20N2O2. The molecule has 1 aromatic rings. The number of furan rings is 1. The molecule has 0 aliphatic rings. The van der Waals surface area contributed by atoms with Crippen LogP contribution in [-0.2, 0) is 11.2 Å². The van der Waals surface area contributed by atoms with Crippen LogP contribution in [0.4, 0.5) is 0 Å². The second kappa shape index (κ2) is 7.06. The van der Waals surface area contributed by atoms with Crippen molar-refractivity contribution in [3.05, 3.63) is 24.2 Å². The lowest BCUT2D eigenvalue weighted by atomic mass is 10.1. The molecule has 0 saturated heterocycles. The van der Waals surface area contributed by atoms with Crippen molar-refractivity contribution in [2.24, 2.45) is 0 Å². The van der Waals surface area contributed by atoms with E-state index in [1.807, 2.05) is 19.1 Å². The van der Waals surface area contributed by atoms with Crippen molar-refractivity contribution in [2.75, 3.05) is 13.1 Å². The molecule has 1 atom stereocenters. The summed E-state index contributed by atoms with van der Waals surface area (Å²) >= 11 is 0. The van der Waals surface area contributed by atoms with Crippen molar-refractivity contribution >= 4 is 5.91 Å². The zero-order valence-corrected chi connectivity index (χ0v) is 9.95. The number of hydrogen-bond acceptors (Lipinski definition) is 3. The fraction of sp³-hybridized carbons (Fsp3) is 0.583. The molecule has 0 aliphatic heterocycles. The van der Waals surface area contributed by atoms with E-state index in [0.717, 1.165) is 18.6 Å². The number of hydrogen-bond donors (Lipinski definition) is 2. The second-order valence-electron chi connectivity index (χ2n) is 3.85. The van der Waals surface area contributed by atoms with E-state index in [1.165, 1.54) is 0 Å². The topological polar surface area (TPSA) is 54.3 Å². The van der Waals surface area contributed by atoms with Gasteiger partial charge in [0.15, 0.2) is 0 Å². The fourth-order valence-corrected chi connectivity index (χ4v) is 1.44. The van der Waals surface area contributed by atoms with E-state index in [1.54, 1.807) is 6.26 Å².